The van der Waals surface area contributed by atoms with Gasteiger partial charge in [-0.05, 0) is 38.8 Å². The Balaban J connectivity index is 2.92. The molecule has 0 amide bonds. The standard InChI is InChI=1S/C15H21NO4S/c1-4-6-7-14(15(17)20-5-2)16-21(18,19)13-10-8-12(3)9-11-13/h4,8-11,14,16H,1,5-7H2,2-3H3. The maximum absolute atomic E-state index is 12.3. The highest BCUT2D eigenvalue weighted by Gasteiger charge is 2.26. The second-order valence-electron chi connectivity index (χ2n) is 4.61. The van der Waals surface area contributed by atoms with Crippen LogP contribution in [0.1, 0.15) is 25.3 Å². The summed E-state index contributed by atoms with van der Waals surface area (Å²) in [5, 5.41) is 0. The van der Waals surface area contributed by atoms with Crippen LogP contribution in [0.3, 0.4) is 0 Å². The van der Waals surface area contributed by atoms with Crippen LogP contribution in [0.25, 0.3) is 0 Å². The molecule has 0 aliphatic rings. The summed E-state index contributed by atoms with van der Waals surface area (Å²) < 4.78 is 31.9. The first-order valence-electron chi connectivity index (χ1n) is 6.77. The van der Waals surface area contributed by atoms with Gasteiger partial charge in [-0.15, -0.1) is 6.58 Å². The number of ether oxygens (including phenoxy) is 1. The van der Waals surface area contributed by atoms with Crippen LogP contribution in [-0.4, -0.2) is 27.0 Å². The fourth-order valence-corrected chi connectivity index (χ4v) is 2.94. The van der Waals surface area contributed by atoms with E-state index in [0.717, 1.165) is 5.56 Å². The van der Waals surface area contributed by atoms with Crippen LogP contribution >= 0.6 is 0 Å². The largest absolute Gasteiger partial charge is 0.465 e. The second kappa shape index (κ2) is 7.95. The zero-order valence-electron chi connectivity index (χ0n) is 12.3. The molecule has 0 fully saturated rings. The van der Waals surface area contributed by atoms with Crippen molar-refractivity contribution in [1.29, 1.82) is 0 Å². The van der Waals surface area contributed by atoms with E-state index in [1.54, 1.807) is 25.1 Å². The number of hydrogen-bond donors (Lipinski definition) is 1. The number of aryl methyl sites for hydroxylation is 1. The first-order chi connectivity index (χ1) is 9.90. The molecule has 0 aliphatic heterocycles. The Morgan fingerprint density at radius 3 is 2.52 bits per heavy atom. The van der Waals surface area contributed by atoms with E-state index >= 15 is 0 Å². The summed E-state index contributed by atoms with van der Waals surface area (Å²) in [6.07, 6.45) is 2.46. The van der Waals surface area contributed by atoms with Gasteiger partial charge in [0.1, 0.15) is 6.04 Å². The Bertz CT molecular complexity index is 578. The number of sulfonamides is 1. The number of carbonyl (C=O) groups is 1. The fourth-order valence-electron chi connectivity index (χ4n) is 1.73. The third kappa shape index (κ3) is 5.32. The van der Waals surface area contributed by atoms with Gasteiger partial charge in [-0.1, -0.05) is 23.8 Å². The maximum atomic E-state index is 12.3. The molecule has 1 aromatic carbocycles. The zero-order chi connectivity index (χ0) is 15.9. The lowest BCUT2D eigenvalue weighted by atomic mass is 10.2. The molecule has 116 valence electrons. The molecule has 0 saturated heterocycles. The van der Waals surface area contributed by atoms with Crippen molar-refractivity contribution in [2.24, 2.45) is 0 Å². The summed E-state index contributed by atoms with van der Waals surface area (Å²) in [5.74, 6) is -0.574. The highest BCUT2D eigenvalue weighted by atomic mass is 32.2. The minimum Gasteiger partial charge on any atom is -0.465 e. The molecule has 1 unspecified atom stereocenters. The Morgan fingerprint density at radius 1 is 1.38 bits per heavy atom. The SMILES string of the molecule is C=CCCC(NS(=O)(=O)c1ccc(C)cc1)C(=O)OCC. The van der Waals surface area contributed by atoms with Crippen molar-refractivity contribution >= 4 is 16.0 Å². The van der Waals surface area contributed by atoms with E-state index in [4.69, 9.17) is 4.74 Å². The first-order valence-corrected chi connectivity index (χ1v) is 8.25. The molecule has 0 aliphatic carbocycles. The van der Waals surface area contributed by atoms with Gasteiger partial charge in [0.25, 0.3) is 0 Å². The molecule has 1 atom stereocenters. The van der Waals surface area contributed by atoms with Gasteiger partial charge in [0, 0.05) is 0 Å². The molecule has 0 radical (unpaired) electrons. The summed E-state index contributed by atoms with van der Waals surface area (Å²) in [7, 11) is -3.76. The number of esters is 1. The van der Waals surface area contributed by atoms with Crippen LogP contribution in [0.2, 0.25) is 0 Å². The molecule has 21 heavy (non-hydrogen) atoms. The van der Waals surface area contributed by atoms with Crippen molar-refractivity contribution < 1.29 is 17.9 Å². The van der Waals surface area contributed by atoms with E-state index in [1.807, 2.05) is 6.92 Å². The van der Waals surface area contributed by atoms with Crippen molar-refractivity contribution in [3.63, 3.8) is 0 Å². The van der Waals surface area contributed by atoms with Crippen molar-refractivity contribution in [3.05, 3.63) is 42.5 Å². The van der Waals surface area contributed by atoms with E-state index in [2.05, 4.69) is 11.3 Å². The molecule has 0 bridgehead atoms. The summed E-state index contributed by atoms with van der Waals surface area (Å²) in [6.45, 7) is 7.32. The third-order valence-corrected chi connectivity index (χ3v) is 4.35. The topological polar surface area (TPSA) is 72.5 Å². The molecule has 5 nitrogen and oxygen atoms in total. The van der Waals surface area contributed by atoms with Crippen molar-refractivity contribution in [2.75, 3.05) is 6.61 Å². The van der Waals surface area contributed by atoms with Gasteiger partial charge < -0.3 is 4.74 Å². The van der Waals surface area contributed by atoms with Crippen LogP contribution in [0.4, 0.5) is 0 Å². The van der Waals surface area contributed by atoms with Gasteiger partial charge in [0.2, 0.25) is 10.0 Å². The van der Waals surface area contributed by atoms with E-state index in [0.29, 0.717) is 12.8 Å². The maximum Gasteiger partial charge on any atom is 0.324 e. The molecular formula is C15H21NO4S. The lowest BCUT2D eigenvalue weighted by Crippen LogP contribution is -2.41. The molecule has 0 heterocycles. The van der Waals surface area contributed by atoms with Gasteiger partial charge in [0.05, 0.1) is 11.5 Å². The first kappa shape index (κ1) is 17.4. The number of rotatable bonds is 8. The van der Waals surface area contributed by atoms with E-state index in [9.17, 15) is 13.2 Å². The van der Waals surface area contributed by atoms with Crippen molar-refractivity contribution in [1.82, 2.24) is 4.72 Å². The smallest absolute Gasteiger partial charge is 0.324 e. The third-order valence-electron chi connectivity index (χ3n) is 2.86. The van der Waals surface area contributed by atoms with Crippen LogP contribution in [-0.2, 0) is 19.6 Å². The van der Waals surface area contributed by atoms with Gasteiger partial charge >= 0.3 is 5.97 Å². The molecule has 1 N–H and O–H groups in total. The highest BCUT2D eigenvalue weighted by Crippen LogP contribution is 2.12. The second-order valence-corrected chi connectivity index (χ2v) is 6.32. The molecule has 0 aromatic heterocycles. The summed E-state index contributed by atoms with van der Waals surface area (Å²) in [5.41, 5.74) is 0.961. The molecule has 1 aromatic rings. The minimum atomic E-state index is -3.76. The monoisotopic (exact) mass is 311 g/mol. The predicted molar refractivity (Wildman–Crippen MR) is 81.4 cm³/mol. The Kier molecular flexibility index (Phi) is 6.58. The molecule has 0 spiro atoms. The van der Waals surface area contributed by atoms with E-state index in [1.165, 1.54) is 12.1 Å². The van der Waals surface area contributed by atoms with Gasteiger partial charge in [-0.3, -0.25) is 4.79 Å². The van der Waals surface area contributed by atoms with E-state index < -0.39 is 22.0 Å². The number of carbonyl (C=O) groups excluding carboxylic acids is 1. The predicted octanol–water partition coefficient (Wildman–Crippen LogP) is 2.17. The van der Waals surface area contributed by atoms with Gasteiger partial charge in [0.15, 0.2) is 0 Å². The fraction of sp³-hybridized carbons (Fsp3) is 0.400. The Hall–Kier alpha value is -1.66. The van der Waals surface area contributed by atoms with Crippen LogP contribution in [0, 0.1) is 6.92 Å². The van der Waals surface area contributed by atoms with Crippen molar-refractivity contribution in [2.45, 2.75) is 37.6 Å². The van der Waals surface area contributed by atoms with Crippen molar-refractivity contribution in [3.8, 4) is 0 Å². The zero-order valence-corrected chi connectivity index (χ0v) is 13.2. The summed E-state index contributed by atoms with van der Waals surface area (Å²) in [6, 6.07) is 5.52. The quantitative estimate of drug-likeness (QED) is 0.590. The van der Waals surface area contributed by atoms with Crippen LogP contribution < -0.4 is 4.72 Å². The Labute approximate surface area is 126 Å². The number of allylic oxidation sites excluding steroid dienone is 1. The summed E-state index contributed by atoms with van der Waals surface area (Å²) >= 11 is 0. The lowest BCUT2D eigenvalue weighted by Gasteiger charge is -2.16. The van der Waals surface area contributed by atoms with Gasteiger partial charge in [-0.2, -0.15) is 4.72 Å². The lowest BCUT2D eigenvalue weighted by molar-refractivity contribution is -0.145. The number of nitrogens with one attached hydrogen (secondary N) is 1. The highest BCUT2D eigenvalue weighted by molar-refractivity contribution is 7.89. The number of benzene rings is 1. The molecular weight excluding hydrogens is 290 g/mol. The molecule has 1 rings (SSSR count). The number of hydrogen-bond acceptors (Lipinski definition) is 4. The van der Waals surface area contributed by atoms with Crippen LogP contribution in [0.5, 0.6) is 0 Å². The normalized spacial score (nSPS) is 12.7. The van der Waals surface area contributed by atoms with Crippen LogP contribution in [0.15, 0.2) is 41.8 Å². The Morgan fingerprint density at radius 2 is 2.00 bits per heavy atom. The average Bonchev–Trinajstić information content (AvgIpc) is 2.44. The molecule has 6 heteroatoms. The summed E-state index contributed by atoms with van der Waals surface area (Å²) in [4.78, 5) is 12.0. The van der Waals surface area contributed by atoms with E-state index in [-0.39, 0.29) is 11.5 Å². The average molecular weight is 311 g/mol. The molecule has 0 saturated carbocycles. The van der Waals surface area contributed by atoms with Gasteiger partial charge in [-0.25, -0.2) is 8.42 Å². The minimum absolute atomic E-state index is 0.126.